The number of nitrogens with one attached hydrogen (secondary N) is 1. The van der Waals surface area contributed by atoms with Crippen molar-refractivity contribution in [2.45, 2.75) is 37.5 Å². The van der Waals surface area contributed by atoms with E-state index in [0.717, 1.165) is 17.3 Å². The Bertz CT molecular complexity index is 937. The van der Waals surface area contributed by atoms with Gasteiger partial charge in [-0.2, -0.15) is 0 Å². The van der Waals surface area contributed by atoms with Gasteiger partial charge < -0.3 is 10.2 Å². The molecule has 6 nitrogen and oxygen atoms in total. The van der Waals surface area contributed by atoms with Crippen LogP contribution in [-0.4, -0.2) is 30.5 Å². The molecule has 1 N–H and O–H groups in total. The van der Waals surface area contributed by atoms with E-state index in [-0.39, 0.29) is 27.9 Å². The number of hydrogen-bond acceptors (Lipinski definition) is 4. The van der Waals surface area contributed by atoms with E-state index in [1.807, 2.05) is 17.0 Å². The highest BCUT2D eigenvalue weighted by molar-refractivity contribution is 9.10. The fraction of sp³-hybridized carbons (Fsp3) is 0.435. The first kappa shape index (κ1) is 20.8. The number of benzene rings is 2. The SMILES string of the molecule is O=C(NCC1(c2cccc(Br)c2)CCC1)C1CCN(c2ccccc2[N+](=O)[O-])CC1. The normalized spacial score (nSPS) is 18.5. The molecule has 2 fully saturated rings. The molecule has 2 aliphatic rings. The Morgan fingerprint density at radius 3 is 2.53 bits per heavy atom. The third-order valence-electron chi connectivity index (χ3n) is 6.63. The van der Waals surface area contributed by atoms with Crippen LogP contribution in [0, 0.1) is 16.0 Å². The van der Waals surface area contributed by atoms with Gasteiger partial charge in [-0.25, -0.2) is 0 Å². The van der Waals surface area contributed by atoms with Crippen LogP contribution in [0.2, 0.25) is 0 Å². The van der Waals surface area contributed by atoms with E-state index >= 15 is 0 Å². The van der Waals surface area contributed by atoms with Crippen LogP contribution in [0.4, 0.5) is 11.4 Å². The van der Waals surface area contributed by atoms with Crippen LogP contribution in [-0.2, 0) is 10.2 Å². The van der Waals surface area contributed by atoms with Crippen molar-refractivity contribution >= 4 is 33.2 Å². The highest BCUT2D eigenvalue weighted by Crippen LogP contribution is 2.44. The van der Waals surface area contributed by atoms with E-state index in [2.05, 4.69) is 39.4 Å². The Hall–Kier alpha value is -2.41. The fourth-order valence-corrected chi connectivity index (χ4v) is 5.06. The minimum absolute atomic E-state index is 0.0383. The molecule has 1 saturated carbocycles. The molecule has 0 spiro atoms. The van der Waals surface area contributed by atoms with Crippen molar-refractivity contribution in [1.29, 1.82) is 0 Å². The first-order chi connectivity index (χ1) is 14.5. The summed E-state index contributed by atoms with van der Waals surface area (Å²) in [5, 5.41) is 14.5. The Balaban J connectivity index is 1.34. The van der Waals surface area contributed by atoms with E-state index in [4.69, 9.17) is 0 Å². The second-order valence-corrected chi connectivity index (χ2v) is 9.28. The van der Waals surface area contributed by atoms with Crippen LogP contribution in [0.15, 0.2) is 53.0 Å². The van der Waals surface area contributed by atoms with E-state index in [9.17, 15) is 14.9 Å². The lowest BCUT2D eigenvalue weighted by Crippen LogP contribution is -2.48. The number of carbonyl (C=O) groups excluding carboxylic acids is 1. The summed E-state index contributed by atoms with van der Waals surface area (Å²) in [5.41, 5.74) is 2.10. The zero-order chi connectivity index (χ0) is 21.1. The third-order valence-corrected chi connectivity index (χ3v) is 7.13. The number of carbonyl (C=O) groups is 1. The van der Waals surface area contributed by atoms with Crippen LogP contribution in [0.25, 0.3) is 0 Å². The number of piperidine rings is 1. The van der Waals surface area contributed by atoms with Gasteiger partial charge in [-0.3, -0.25) is 14.9 Å². The van der Waals surface area contributed by atoms with Gasteiger partial charge in [0, 0.05) is 41.5 Å². The molecule has 1 saturated heterocycles. The predicted octanol–water partition coefficient (Wildman–Crippen LogP) is 4.81. The van der Waals surface area contributed by atoms with Crippen LogP contribution in [0.3, 0.4) is 0 Å². The summed E-state index contributed by atoms with van der Waals surface area (Å²) in [4.78, 5) is 25.8. The van der Waals surface area contributed by atoms with Crippen molar-refractivity contribution in [3.8, 4) is 0 Å². The zero-order valence-corrected chi connectivity index (χ0v) is 18.4. The van der Waals surface area contributed by atoms with E-state index in [1.165, 1.54) is 18.1 Å². The largest absolute Gasteiger partial charge is 0.366 e. The molecule has 2 aromatic rings. The van der Waals surface area contributed by atoms with Gasteiger partial charge >= 0.3 is 0 Å². The molecule has 2 aromatic carbocycles. The topological polar surface area (TPSA) is 75.5 Å². The first-order valence-corrected chi connectivity index (χ1v) is 11.3. The summed E-state index contributed by atoms with van der Waals surface area (Å²) in [5.74, 6) is 0.0714. The van der Waals surface area contributed by atoms with Crippen molar-refractivity contribution < 1.29 is 9.72 Å². The number of nitro groups is 1. The van der Waals surface area contributed by atoms with Gasteiger partial charge in [-0.05, 0) is 49.4 Å². The molecule has 0 aromatic heterocycles. The monoisotopic (exact) mass is 471 g/mol. The van der Waals surface area contributed by atoms with Crippen molar-refractivity contribution in [2.75, 3.05) is 24.5 Å². The summed E-state index contributed by atoms with van der Waals surface area (Å²) in [6, 6.07) is 15.2. The lowest BCUT2D eigenvalue weighted by Gasteiger charge is -2.43. The van der Waals surface area contributed by atoms with E-state index in [0.29, 0.717) is 38.2 Å². The molecule has 1 aliphatic carbocycles. The standard InChI is InChI=1S/C23H26BrN3O3/c24-19-6-3-5-18(15-19)23(11-4-12-23)16-25-22(28)17-9-13-26(14-10-17)20-7-1-2-8-21(20)27(29)30/h1-3,5-8,15,17H,4,9-14,16H2,(H,25,28). The summed E-state index contributed by atoms with van der Waals surface area (Å²) in [7, 11) is 0. The second kappa shape index (κ2) is 8.76. The van der Waals surface area contributed by atoms with Crippen LogP contribution in [0.5, 0.6) is 0 Å². The summed E-state index contributed by atoms with van der Waals surface area (Å²) in [6.07, 6.45) is 4.81. The number of nitro benzene ring substituents is 1. The molecule has 1 amide bonds. The number of para-hydroxylation sites is 2. The van der Waals surface area contributed by atoms with Gasteiger partial charge in [0.2, 0.25) is 5.91 Å². The minimum Gasteiger partial charge on any atom is -0.366 e. The van der Waals surface area contributed by atoms with Crippen molar-refractivity contribution in [1.82, 2.24) is 5.32 Å². The summed E-state index contributed by atoms with van der Waals surface area (Å²) >= 11 is 3.56. The van der Waals surface area contributed by atoms with Gasteiger partial charge in [0.1, 0.15) is 5.69 Å². The van der Waals surface area contributed by atoms with Crippen LogP contribution in [0.1, 0.15) is 37.7 Å². The molecule has 1 aliphatic heterocycles. The Morgan fingerprint density at radius 1 is 1.17 bits per heavy atom. The lowest BCUT2D eigenvalue weighted by molar-refractivity contribution is -0.384. The van der Waals surface area contributed by atoms with Gasteiger partial charge in [0.25, 0.3) is 5.69 Å². The van der Waals surface area contributed by atoms with Gasteiger partial charge in [-0.15, -0.1) is 0 Å². The molecule has 158 valence electrons. The molecule has 30 heavy (non-hydrogen) atoms. The minimum atomic E-state index is -0.339. The van der Waals surface area contributed by atoms with Crippen LogP contribution < -0.4 is 10.2 Å². The van der Waals surface area contributed by atoms with Crippen molar-refractivity contribution in [3.63, 3.8) is 0 Å². The van der Waals surface area contributed by atoms with E-state index in [1.54, 1.807) is 12.1 Å². The number of amides is 1. The average Bonchev–Trinajstić information content (AvgIpc) is 2.73. The molecule has 0 bridgehead atoms. The molecule has 0 radical (unpaired) electrons. The number of nitrogens with zero attached hydrogens (tertiary/aromatic N) is 2. The van der Waals surface area contributed by atoms with Crippen molar-refractivity contribution in [2.24, 2.45) is 5.92 Å². The summed E-state index contributed by atoms with van der Waals surface area (Å²) < 4.78 is 1.07. The lowest BCUT2D eigenvalue weighted by atomic mass is 9.64. The Kier molecular flexibility index (Phi) is 6.09. The maximum atomic E-state index is 12.9. The molecular formula is C23H26BrN3O3. The molecule has 7 heteroatoms. The smallest absolute Gasteiger partial charge is 0.292 e. The molecule has 1 heterocycles. The highest BCUT2D eigenvalue weighted by Gasteiger charge is 2.39. The van der Waals surface area contributed by atoms with Gasteiger partial charge in [0.05, 0.1) is 4.92 Å². The number of anilines is 1. The quantitative estimate of drug-likeness (QED) is 0.484. The highest BCUT2D eigenvalue weighted by atomic mass is 79.9. The van der Waals surface area contributed by atoms with Crippen LogP contribution >= 0.6 is 15.9 Å². The third kappa shape index (κ3) is 4.21. The number of hydrogen-bond donors (Lipinski definition) is 1. The Morgan fingerprint density at radius 2 is 1.90 bits per heavy atom. The molecule has 0 atom stereocenters. The van der Waals surface area contributed by atoms with Gasteiger partial charge in [-0.1, -0.05) is 46.6 Å². The molecule has 0 unspecified atom stereocenters. The maximum absolute atomic E-state index is 12.9. The van der Waals surface area contributed by atoms with Gasteiger partial charge in [0.15, 0.2) is 0 Å². The van der Waals surface area contributed by atoms with Crippen molar-refractivity contribution in [3.05, 3.63) is 68.7 Å². The fourth-order valence-electron chi connectivity index (χ4n) is 4.66. The molecular weight excluding hydrogens is 446 g/mol. The second-order valence-electron chi connectivity index (χ2n) is 8.37. The maximum Gasteiger partial charge on any atom is 0.292 e. The number of rotatable bonds is 6. The molecule has 4 rings (SSSR count). The zero-order valence-electron chi connectivity index (χ0n) is 16.9. The average molecular weight is 472 g/mol. The Labute approximate surface area is 184 Å². The van der Waals surface area contributed by atoms with E-state index < -0.39 is 0 Å². The summed E-state index contributed by atoms with van der Waals surface area (Å²) in [6.45, 7) is 1.98. The first-order valence-electron chi connectivity index (χ1n) is 10.5. The predicted molar refractivity (Wildman–Crippen MR) is 121 cm³/mol. The number of halogens is 1.